The number of nitrogens with zero attached hydrogens (tertiary/aromatic N) is 1. The fourth-order valence-corrected chi connectivity index (χ4v) is 3.43. The molecular formula is C18H26N2O2. The summed E-state index contributed by atoms with van der Waals surface area (Å²) in [4.78, 5) is 15.1. The second kappa shape index (κ2) is 6.29. The minimum absolute atomic E-state index is 0.162. The smallest absolute Gasteiger partial charge is 0.166 e. The average Bonchev–Trinajstić information content (AvgIpc) is 2.53. The summed E-state index contributed by atoms with van der Waals surface area (Å²) in [6.07, 6.45) is 2.06. The number of ether oxygens (including phenoxy) is 1. The van der Waals surface area contributed by atoms with Gasteiger partial charge in [0.1, 0.15) is 11.9 Å². The van der Waals surface area contributed by atoms with Crippen molar-refractivity contribution in [1.29, 1.82) is 0 Å². The molecule has 1 N–H and O–H groups in total. The van der Waals surface area contributed by atoms with Crippen LogP contribution in [-0.4, -0.2) is 37.6 Å². The van der Waals surface area contributed by atoms with Gasteiger partial charge in [0.2, 0.25) is 0 Å². The Bertz CT molecular complexity index is 550. The van der Waals surface area contributed by atoms with Gasteiger partial charge in [0, 0.05) is 17.5 Å². The minimum atomic E-state index is 0.162. The largest absolute Gasteiger partial charge is 0.487 e. The highest BCUT2D eigenvalue weighted by Crippen LogP contribution is 2.36. The van der Waals surface area contributed by atoms with Gasteiger partial charge in [-0.3, -0.25) is 4.79 Å². The first kappa shape index (κ1) is 15.3. The Hall–Kier alpha value is -1.55. The van der Waals surface area contributed by atoms with Crippen LogP contribution in [0.5, 0.6) is 5.75 Å². The molecule has 1 saturated heterocycles. The number of rotatable bonds is 3. The van der Waals surface area contributed by atoms with Crippen LogP contribution in [0.2, 0.25) is 0 Å². The SMILES string of the molecule is CC1CN(C(C)C)c2cc(C(=O)C3CCNCC3)ccc2O1. The first-order valence-electron chi connectivity index (χ1n) is 8.38. The van der Waals surface area contributed by atoms with E-state index in [9.17, 15) is 4.79 Å². The third-order valence-corrected chi connectivity index (χ3v) is 4.67. The molecule has 1 unspecified atom stereocenters. The summed E-state index contributed by atoms with van der Waals surface area (Å²) in [5.41, 5.74) is 1.89. The predicted molar refractivity (Wildman–Crippen MR) is 88.9 cm³/mol. The van der Waals surface area contributed by atoms with Crippen molar-refractivity contribution in [2.24, 2.45) is 5.92 Å². The predicted octanol–water partition coefficient (Wildman–Crippen LogP) is 2.86. The molecule has 1 atom stereocenters. The Morgan fingerprint density at radius 2 is 2.05 bits per heavy atom. The fourth-order valence-electron chi connectivity index (χ4n) is 3.43. The van der Waals surface area contributed by atoms with E-state index in [0.29, 0.717) is 6.04 Å². The van der Waals surface area contributed by atoms with Gasteiger partial charge in [-0.15, -0.1) is 0 Å². The summed E-state index contributed by atoms with van der Waals surface area (Å²) in [6.45, 7) is 9.22. The van der Waals surface area contributed by atoms with Crippen molar-refractivity contribution in [3.8, 4) is 5.75 Å². The van der Waals surface area contributed by atoms with Gasteiger partial charge in [0.25, 0.3) is 0 Å². The molecule has 22 heavy (non-hydrogen) atoms. The normalized spacial score (nSPS) is 22.4. The Labute approximate surface area is 132 Å². The monoisotopic (exact) mass is 302 g/mol. The number of fused-ring (bicyclic) bond motifs is 1. The quantitative estimate of drug-likeness (QED) is 0.872. The summed E-state index contributed by atoms with van der Waals surface area (Å²) in [6, 6.07) is 6.33. The molecule has 1 aromatic rings. The molecule has 4 heteroatoms. The lowest BCUT2D eigenvalue weighted by atomic mass is 9.89. The Morgan fingerprint density at radius 1 is 1.32 bits per heavy atom. The number of carbonyl (C=O) groups excluding carboxylic acids is 1. The second-order valence-corrected chi connectivity index (χ2v) is 6.75. The number of hydrogen-bond acceptors (Lipinski definition) is 4. The highest BCUT2D eigenvalue weighted by Gasteiger charge is 2.28. The van der Waals surface area contributed by atoms with Gasteiger partial charge in [0.15, 0.2) is 5.78 Å². The molecule has 0 aromatic heterocycles. The van der Waals surface area contributed by atoms with Gasteiger partial charge >= 0.3 is 0 Å². The van der Waals surface area contributed by atoms with E-state index in [1.807, 2.05) is 18.2 Å². The van der Waals surface area contributed by atoms with Crippen LogP contribution >= 0.6 is 0 Å². The van der Waals surface area contributed by atoms with Gasteiger partial charge in [0.05, 0.1) is 12.2 Å². The summed E-state index contributed by atoms with van der Waals surface area (Å²) < 4.78 is 5.93. The molecule has 0 spiro atoms. The summed E-state index contributed by atoms with van der Waals surface area (Å²) in [5, 5.41) is 3.32. The number of hydrogen-bond donors (Lipinski definition) is 1. The maximum Gasteiger partial charge on any atom is 0.166 e. The van der Waals surface area contributed by atoms with Crippen LogP contribution in [0.4, 0.5) is 5.69 Å². The zero-order valence-corrected chi connectivity index (χ0v) is 13.8. The van der Waals surface area contributed by atoms with Crippen LogP contribution in [0.1, 0.15) is 44.0 Å². The first-order valence-corrected chi connectivity index (χ1v) is 8.38. The van der Waals surface area contributed by atoms with Gasteiger partial charge in [-0.05, 0) is 64.9 Å². The average molecular weight is 302 g/mol. The van der Waals surface area contributed by atoms with Crippen LogP contribution in [0.25, 0.3) is 0 Å². The molecule has 2 aliphatic heterocycles. The zero-order valence-electron chi connectivity index (χ0n) is 13.8. The zero-order chi connectivity index (χ0) is 15.7. The van der Waals surface area contributed by atoms with E-state index in [0.717, 1.165) is 49.5 Å². The van der Waals surface area contributed by atoms with Crippen molar-refractivity contribution in [2.45, 2.75) is 45.8 Å². The van der Waals surface area contributed by atoms with Crippen LogP contribution in [0, 0.1) is 5.92 Å². The van der Waals surface area contributed by atoms with E-state index in [1.165, 1.54) is 0 Å². The van der Waals surface area contributed by atoms with Crippen LogP contribution in [-0.2, 0) is 0 Å². The van der Waals surface area contributed by atoms with Crippen LogP contribution in [0.3, 0.4) is 0 Å². The molecule has 0 amide bonds. The highest BCUT2D eigenvalue weighted by molar-refractivity contribution is 5.99. The van der Waals surface area contributed by atoms with E-state index in [1.54, 1.807) is 0 Å². The maximum atomic E-state index is 12.7. The number of benzene rings is 1. The van der Waals surface area contributed by atoms with E-state index in [4.69, 9.17) is 4.74 Å². The Morgan fingerprint density at radius 3 is 2.73 bits per heavy atom. The summed E-state index contributed by atoms with van der Waals surface area (Å²) >= 11 is 0. The van der Waals surface area contributed by atoms with Crippen molar-refractivity contribution in [3.63, 3.8) is 0 Å². The Balaban J connectivity index is 1.88. The van der Waals surface area contributed by atoms with Gasteiger partial charge < -0.3 is 15.0 Å². The molecule has 120 valence electrons. The molecule has 3 rings (SSSR count). The third-order valence-electron chi connectivity index (χ3n) is 4.67. The minimum Gasteiger partial charge on any atom is -0.487 e. The van der Waals surface area contributed by atoms with Gasteiger partial charge in [-0.2, -0.15) is 0 Å². The lowest BCUT2D eigenvalue weighted by Crippen LogP contribution is -2.42. The van der Waals surface area contributed by atoms with Crippen LogP contribution < -0.4 is 15.0 Å². The number of carbonyl (C=O) groups is 1. The Kier molecular flexibility index (Phi) is 4.39. The maximum absolute atomic E-state index is 12.7. The van der Waals surface area contributed by atoms with Crippen molar-refractivity contribution in [1.82, 2.24) is 5.32 Å². The summed E-state index contributed by atoms with van der Waals surface area (Å²) in [7, 11) is 0. The third kappa shape index (κ3) is 2.98. The molecule has 0 radical (unpaired) electrons. The first-order chi connectivity index (χ1) is 10.6. The van der Waals surface area contributed by atoms with Crippen molar-refractivity contribution in [2.75, 3.05) is 24.5 Å². The van der Waals surface area contributed by atoms with E-state index in [-0.39, 0.29) is 17.8 Å². The lowest BCUT2D eigenvalue weighted by Gasteiger charge is -2.38. The molecular weight excluding hydrogens is 276 g/mol. The van der Waals surface area contributed by atoms with Gasteiger partial charge in [-0.1, -0.05) is 0 Å². The molecule has 0 aliphatic carbocycles. The lowest BCUT2D eigenvalue weighted by molar-refractivity contribution is 0.0895. The van der Waals surface area contributed by atoms with E-state index in [2.05, 4.69) is 31.0 Å². The molecule has 2 aliphatic rings. The van der Waals surface area contributed by atoms with E-state index >= 15 is 0 Å². The van der Waals surface area contributed by atoms with E-state index < -0.39 is 0 Å². The number of piperidine rings is 1. The fraction of sp³-hybridized carbons (Fsp3) is 0.611. The standard InChI is InChI=1S/C18H26N2O2/c1-12(2)20-11-13(3)22-17-5-4-15(10-16(17)20)18(21)14-6-8-19-9-7-14/h4-5,10,12-14,19H,6-9,11H2,1-3H3. The number of anilines is 1. The summed E-state index contributed by atoms with van der Waals surface area (Å²) in [5.74, 6) is 1.34. The molecule has 1 aromatic carbocycles. The topological polar surface area (TPSA) is 41.6 Å². The van der Waals surface area contributed by atoms with Crippen LogP contribution in [0.15, 0.2) is 18.2 Å². The second-order valence-electron chi connectivity index (χ2n) is 6.75. The molecule has 2 heterocycles. The number of nitrogens with one attached hydrogen (secondary N) is 1. The number of Topliss-reactive ketones (excluding diaryl/α,β-unsaturated/α-hetero) is 1. The van der Waals surface area contributed by atoms with Crippen molar-refractivity contribution in [3.05, 3.63) is 23.8 Å². The van der Waals surface area contributed by atoms with Crippen molar-refractivity contribution >= 4 is 11.5 Å². The van der Waals surface area contributed by atoms with Crippen molar-refractivity contribution < 1.29 is 9.53 Å². The molecule has 4 nitrogen and oxygen atoms in total. The molecule has 0 bridgehead atoms. The number of ketones is 1. The molecule has 0 saturated carbocycles. The highest BCUT2D eigenvalue weighted by atomic mass is 16.5. The molecule has 1 fully saturated rings. The van der Waals surface area contributed by atoms with Gasteiger partial charge in [-0.25, -0.2) is 0 Å².